The smallest absolute Gasteiger partial charge is 0.0712 e. The second-order valence-electron chi connectivity index (χ2n) is 17.1. The maximum Gasteiger partial charge on any atom is 0.0712 e. The van der Waals surface area contributed by atoms with Crippen LogP contribution in [0, 0.1) is 5.92 Å². The highest BCUT2D eigenvalue weighted by Gasteiger charge is 2.48. The summed E-state index contributed by atoms with van der Waals surface area (Å²) in [7, 11) is 0. The highest BCUT2D eigenvalue weighted by atomic mass is 15.2. The molecule has 3 aliphatic carbocycles. The minimum Gasteiger partial charge on any atom is -0.330 e. The van der Waals surface area contributed by atoms with Gasteiger partial charge in [-0.25, -0.2) is 0 Å². The van der Waals surface area contributed by atoms with Crippen molar-refractivity contribution in [1.29, 1.82) is 0 Å². The summed E-state index contributed by atoms with van der Waals surface area (Å²) in [6, 6.07) is 61.2. The van der Waals surface area contributed by atoms with Gasteiger partial charge in [-0.1, -0.05) is 165 Å². The highest BCUT2D eigenvalue weighted by molar-refractivity contribution is 6.24. The fourth-order valence-corrected chi connectivity index (χ4v) is 10.8. The minimum absolute atomic E-state index is 0.208. The summed E-state index contributed by atoms with van der Waals surface area (Å²) in [5.41, 5.74) is 17.3. The molecule has 0 saturated carbocycles. The second kappa shape index (κ2) is 13.4. The molecule has 0 radical (unpaired) electrons. The molecule has 0 fully saturated rings. The molecular weight excluding hydrogens is 725 g/mol. The Labute approximate surface area is 352 Å². The first-order valence-corrected chi connectivity index (χ1v) is 21.4. The van der Waals surface area contributed by atoms with Gasteiger partial charge in [0.2, 0.25) is 0 Å². The Bertz CT molecular complexity index is 3180. The van der Waals surface area contributed by atoms with E-state index in [0.29, 0.717) is 5.92 Å². The van der Waals surface area contributed by atoms with Crippen molar-refractivity contribution in [3.05, 3.63) is 217 Å². The Hall–Kier alpha value is -7.16. The van der Waals surface area contributed by atoms with Crippen LogP contribution in [0.25, 0.3) is 60.5 Å². The van der Waals surface area contributed by atoms with Crippen LogP contribution in [0.2, 0.25) is 0 Å². The van der Waals surface area contributed by atoms with Crippen LogP contribution in [0.4, 0.5) is 28.4 Å². The number of benzene rings is 8. The zero-order valence-electron chi connectivity index (χ0n) is 33.9. The van der Waals surface area contributed by atoms with Crippen molar-refractivity contribution in [3.63, 3.8) is 0 Å². The van der Waals surface area contributed by atoms with Crippen LogP contribution in [0.3, 0.4) is 0 Å². The third-order valence-corrected chi connectivity index (χ3v) is 13.6. The fraction of sp³-hybridized carbons (Fsp3) is 0.103. The number of anilines is 5. The lowest BCUT2D eigenvalue weighted by molar-refractivity contribution is 0.542. The molecule has 1 heterocycles. The molecule has 3 atom stereocenters. The topological polar surface area (TPSA) is 6.48 Å². The van der Waals surface area contributed by atoms with E-state index in [2.05, 4.69) is 230 Å². The van der Waals surface area contributed by atoms with E-state index < -0.39 is 0 Å². The Morgan fingerprint density at radius 3 is 2.23 bits per heavy atom. The maximum absolute atomic E-state index is 2.64. The average Bonchev–Trinajstić information content (AvgIpc) is 3.76. The largest absolute Gasteiger partial charge is 0.330 e. The minimum atomic E-state index is -0.281. The third kappa shape index (κ3) is 5.20. The van der Waals surface area contributed by atoms with Crippen molar-refractivity contribution >= 4 is 55.6 Å². The van der Waals surface area contributed by atoms with Gasteiger partial charge in [0.15, 0.2) is 0 Å². The zero-order valence-corrected chi connectivity index (χ0v) is 33.9. The molecule has 286 valence electrons. The predicted molar refractivity (Wildman–Crippen MR) is 255 cm³/mol. The van der Waals surface area contributed by atoms with Gasteiger partial charge in [0.1, 0.15) is 0 Å². The van der Waals surface area contributed by atoms with E-state index in [1.807, 2.05) is 0 Å². The van der Waals surface area contributed by atoms with E-state index in [1.165, 1.54) is 83.0 Å². The van der Waals surface area contributed by atoms with Crippen LogP contribution in [0.15, 0.2) is 206 Å². The lowest BCUT2D eigenvalue weighted by Crippen LogP contribution is -2.42. The molecule has 0 aromatic heterocycles. The Morgan fingerprint density at radius 1 is 0.567 bits per heavy atom. The van der Waals surface area contributed by atoms with Gasteiger partial charge in [-0.15, -0.1) is 0 Å². The van der Waals surface area contributed by atoms with Crippen molar-refractivity contribution in [2.75, 3.05) is 9.80 Å². The first-order valence-electron chi connectivity index (χ1n) is 21.4. The molecule has 8 aromatic carbocycles. The van der Waals surface area contributed by atoms with E-state index in [1.54, 1.807) is 0 Å². The number of fused-ring (bicyclic) bond motifs is 8. The number of hydrogen-bond acceptors (Lipinski definition) is 2. The van der Waals surface area contributed by atoms with E-state index in [4.69, 9.17) is 0 Å². The number of allylic oxidation sites excluding steroid dienone is 6. The molecule has 0 bridgehead atoms. The van der Waals surface area contributed by atoms with Gasteiger partial charge in [0, 0.05) is 39.9 Å². The van der Waals surface area contributed by atoms with Gasteiger partial charge in [-0.05, 0) is 134 Å². The number of nitrogens with zero attached hydrogens (tertiary/aromatic N) is 2. The van der Waals surface area contributed by atoms with Crippen LogP contribution < -0.4 is 9.80 Å². The monoisotopic (exact) mass is 768 g/mol. The third-order valence-electron chi connectivity index (χ3n) is 13.6. The molecule has 8 aromatic rings. The SMILES string of the molecule is CC1CC=CC=C1c1ccccc1N1c2cc(N(c3cccc(-c4ccccc4)c3)c3ccc4c(c3)-c3c5ccccc5cc5cccc-4c35)ccc2C2C=CC=CC21C. The molecule has 0 spiro atoms. The molecule has 0 N–H and O–H groups in total. The summed E-state index contributed by atoms with van der Waals surface area (Å²) in [6.07, 6.45) is 17.2. The highest BCUT2D eigenvalue weighted by Crippen LogP contribution is 2.58. The van der Waals surface area contributed by atoms with E-state index >= 15 is 0 Å². The Kier molecular flexibility index (Phi) is 7.81. The number of hydrogen-bond donors (Lipinski definition) is 0. The van der Waals surface area contributed by atoms with Gasteiger partial charge >= 0.3 is 0 Å². The van der Waals surface area contributed by atoms with Gasteiger partial charge < -0.3 is 9.80 Å². The summed E-state index contributed by atoms with van der Waals surface area (Å²) in [5, 5.41) is 5.21. The molecule has 2 heteroatoms. The summed E-state index contributed by atoms with van der Waals surface area (Å²) in [5.74, 6) is 0.649. The van der Waals surface area contributed by atoms with Crippen LogP contribution in [0.5, 0.6) is 0 Å². The lowest BCUT2D eigenvalue weighted by Gasteiger charge is -2.40. The van der Waals surface area contributed by atoms with Crippen molar-refractivity contribution in [2.24, 2.45) is 5.92 Å². The molecule has 2 nitrogen and oxygen atoms in total. The number of para-hydroxylation sites is 1. The van der Waals surface area contributed by atoms with Crippen molar-refractivity contribution in [1.82, 2.24) is 0 Å². The van der Waals surface area contributed by atoms with Gasteiger partial charge in [-0.3, -0.25) is 0 Å². The summed E-state index contributed by atoms with van der Waals surface area (Å²) in [4.78, 5) is 5.12. The summed E-state index contributed by atoms with van der Waals surface area (Å²) >= 11 is 0. The Morgan fingerprint density at radius 2 is 1.32 bits per heavy atom. The second-order valence-corrected chi connectivity index (χ2v) is 17.1. The van der Waals surface area contributed by atoms with E-state index in [0.717, 1.165) is 23.5 Å². The normalized spacial score (nSPS) is 19.4. The van der Waals surface area contributed by atoms with Crippen LogP contribution in [0.1, 0.15) is 37.3 Å². The molecule has 1 aliphatic heterocycles. The molecule has 12 rings (SSSR count). The summed E-state index contributed by atoms with van der Waals surface area (Å²) in [6.45, 7) is 4.77. The van der Waals surface area contributed by atoms with Gasteiger partial charge in [-0.2, -0.15) is 0 Å². The van der Waals surface area contributed by atoms with Crippen molar-refractivity contribution in [2.45, 2.75) is 31.7 Å². The van der Waals surface area contributed by atoms with E-state index in [-0.39, 0.29) is 11.5 Å². The summed E-state index contributed by atoms with van der Waals surface area (Å²) < 4.78 is 0. The first-order chi connectivity index (χ1) is 29.5. The van der Waals surface area contributed by atoms with Crippen molar-refractivity contribution in [3.8, 4) is 33.4 Å². The Balaban J connectivity index is 1.08. The zero-order chi connectivity index (χ0) is 40.0. The molecule has 60 heavy (non-hydrogen) atoms. The molecule has 0 amide bonds. The van der Waals surface area contributed by atoms with Gasteiger partial charge in [0.05, 0.1) is 5.54 Å². The molecule has 0 saturated heterocycles. The average molecular weight is 769 g/mol. The standard InChI is InChI=1S/C58H44N2/c1-38-16-6-8-23-46(38)49-25-10-11-28-54(49)60-55-37-45(30-32-51(55)53-27-12-13-33-58(53,60)2)59(43-22-14-20-40(35-43)39-17-4-3-5-18-39)44-29-31-48-50-26-15-21-42-34-41-19-7-9-24-47(41)57(56(42)50)52(48)36-44/h3-15,17-38,53H,16H2,1-2H3. The fourth-order valence-electron chi connectivity index (χ4n) is 10.8. The quantitative estimate of drug-likeness (QED) is 0.155. The maximum atomic E-state index is 2.64. The van der Waals surface area contributed by atoms with Crippen LogP contribution >= 0.6 is 0 Å². The predicted octanol–water partition coefficient (Wildman–Crippen LogP) is 15.9. The van der Waals surface area contributed by atoms with E-state index in [9.17, 15) is 0 Å². The van der Waals surface area contributed by atoms with Crippen LogP contribution in [-0.4, -0.2) is 5.54 Å². The van der Waals surface area contributed by atoms with Crippen LogP contribution in [-0.2, 0) is 0 Å². The van der Waals surface area contributed by atoms with Crippen molar-refractivity contribution < 1.29 is 0 Å². The molecule has 4 aliphatic rings. The number of rotatable bonds is 6. The van der Waals surface area contributed by atoms with Gasteiger partial charge in [0.25, 0.3) is 0 Å². The lowest BCUT2D eigenvalue weighted by atomic mass is 9.80. The molecular formula is C58H44N2. The first kappa shape index (κ1) is 34.8. The molecule has 3 unspecified atom stereocenters.